The van der Waals surface area contributed by atoms with Crippen molar-refractivity contribution in [3.8, 4) is 0 Å². The van der Waals surface area contributed by atoms with Crippen LogP contribution in [0.25, 0.3) is 0 Å². The van der Waals surface area contributed by atoms with Gasteiger partial charge in [0.25, 0.3) is 0 Å². The average molecular weight is 297 g/mol. The third kappa shape index (κ3) is 5.57. The molecule has 0 saturated carbocycles. The molecule has 0 spiro atoms. The monoisotopic (exact) mass is 297 g/mol. The van der Waals surface area contributed by atoms with E-state index in [9.17, 15) is 4.79 Å². The van der Waals surface area contributed by atoms with Gasteiger partial charge in [0.05, 0.1) is 6.61 Å². The van der Waals surface area contributed by atoms with E-state index in [4.69, 9.17) is 4.74 Å². The predicted octanol–water partition coefficient (Wildman–Crippen LogP) is 0.899. The van der Waals surface area contributed by atoms with Crippen LogP contribution >= 0.6 is 0 Å². The third-order valence-electron chi connectivity index (χ3n) is 4.61. The van der Waals surface area contributed by atoms with E-state index >= 15 is 0 Å². The highest BCUT2D eigenvalue weighted by Gasteiger charge is 2.26. The minimum atomic E-state index is 0.308. The summed E-state index contributed by atoms with van der Waals surface area (Å²) >= 11 is 0. The Morgan fingerprint density at radius 3 is 2.52 bits per heavy atom. The van der Waals surface area contributed by atoms with E-state index in [1.54, 1.807) is 0 Å². The first-order chi connectivity index (χ1) is 10.2. The van der Waals surface area contributed by atoms with Gasteiger partial charge in [-0.3, -0.25) is 9.69 Å². The van der Waals surface area contributed by atoms with Crippen molar-refractivity contribution in [2.45, 2.75) is 26.2 Å². The molecule has 0 N–H and O–H groups in total. The molecule has 0 aliphatic carbocycles. The van der Waals surface area contributed by atoms with E-state index in [-0.39, 0.29) is 0 Å². The number of hydrogen-bond donors (Lipinski definition) is 0. The molecule has 2 saturated heterocycles. The largest absolute Gasteiger partial charge is 0.380 e. The zero-order chi connectivity index (χ0) is 15.1. The number of amides is 1. The maximum atomic E-state index is 11.5. The highest BCUT2D eigenvalue weighted by molar-refractivity contribution is 5.76. The Bertz CT molecular complexity index is 317. The summed E-state index contributed by atoms with van der Waals surface area (Å²) < 4.78 is 5.56. The number of ether oxygens (including phenoxy) is 1. The van der Waals surface area contributed by atoms with Crippen LogP contribution in [-0.2, 0) is 9.53 Å². The van der Waals surface area contributed by atoms with Crippen LogP contribution in [0.15, 0.2) is 0 Å². The lowest BCUT2D eigenvalue weighted by Gasteiger charge is -2.38. The molecule has 0 aromatic heterocycles. The fraction of sp³-hybridized carbons (Fsp3) is 0.938. The molecule has 1 unspecified atom stereocenters. The van der Waals surface area contributed by atoms with Gasteiger partial charge in [-0.15, -0.1) is 0 Å². The van der Waals surface area contributed by atoms with Crippen LogP contribution < -0.4 is 0 Å². The molecule has 1 atom stereocenters. The van der Waals surface area contributed by atoms with E-state index in [1.165, 1.54) is 0 Å². The first-order valence-corrected chi connectivity index (χ1v) is 8.45. The van der Waals surface area contributed by atoms with Gasteiger partial charge in [0, 0.05) is 65.9 Å². The van der Waals surface area contributed by atoms with Crippen LogP contribution in [0.4, 0.5) is 0 Å². The van der Waals surface area contributed by atoms with Crippen LogP contribution in [0.5, 0.6) is 0 Å². The van der Waals surface area contributed by atoms with Crippen molar-refractivity contribution < 1.29 is 9.53 Å². The lowest BCUT2D eigenvalue weighted by molar-refractivity contribution is -0.133. The number of nitrogens with zero attached hydrogens (tertiary/aromatic N) is 3. The Morgan fingerprint density at radius 2 is 1.86 bits per heavy atom. The number of piperidine rings is 1. The molecule has 2 fully saturated rings. The standard InChI is InChI=1S/C16H31N3O2/c1-3-11-21-12-10-18-6-8-19(9-7-18)14-15-4-5-16(20)17(2)13-15/h15H,3-14H2,1-2H3. The molecular formula is C16H31N3O2. The molecule has 0 radical (unpaired) electrons. The molecule has 5 nitrogen and oxygen atoms in total. The minimum Gasteiger partial charge on any atom is -0.380 e. The minimum absolute atomic E-state index is 0.308. The average Bonchev–Trinajstić information content (AvgIpc) is 2.49. The van der Waals surface area contributed by atoms with Gasteiger partial charge in [0.2, 0.25) is 5.91 Å². The number of likely N-dealkylation sites (tertiary alicyclic amines) is 1. The molecule has 5 heteroatoms. The molecule has 2 heterocycles. The van der Waals surface area contributed by atoms with Crippen LogP contribution in [0.1, 0.15) is 26.2 Å². The van der Waals surface area contributed by atoms with Crippen LogP contribution in [-0.4, -0.2) is 86.7 Å². The van der Waals surface area contributed by atoms with Gasteiger partial charge in [-0.1, -0.05) is 6.92 Å². The van der Waals surface area contributed by atoms with Gasteiger partial charge >= 0.3 is 0 Å². The topological polar surface area (TPSA) is 36.0 Å². The van der Waals surface area contributed by atoms with Crippen molar-refractivity contribution in [2.24, 2.45) is 5.92 Å². The van der Waals surface area contributed by atoms with Gasteiger partial charge in [-0.05, 0) is 18.8 Å². The molecule has 0 bridgehead atoms. The number of carbonyl (C=O) groups excluding carboxylic acids is 1. The first kappa shape index (κ1) is 16.7. The molecule has 0 aromatic rings. The Morgan fingerprint density at radius 1 is 1.14 bits per heavy atom. The lowest BCUT2D eigenvalue weighted by atomic mass is 9.97. The van der Waals surface area contributed by atoms with Crippen LogP contribution in [0, 0.1) is 5.92 Å². The van der Waals surface area contributed by atoms with Gasteiger partial charge < -0.3 is 14.5 Å². The SMILES string of the molecule is CCCOCCN1CCN(CC2CCC(=O)N(C)C2)CC1. The van der Waals surface area contributed by atoms with E-state index in [0.29, 0.717) is 11.8 Å². The van der Waals surface area contributed by atoms with E-state index in [2.05, 4.69) is 16.7 Å². The Kier molecular flexibility index (Phi) is 6.93. The summed E-state index contributed by atoms with van der Waals surface area (Å²) in [6, 6.07) is 0. The molecule has 122 valence electrons. The van der Waals surface area contributed by atoms with Gasteiger partial charge in [0.15, 0.2) is 0 Å². The second-order valence-corrected chi connectivity index (χ2v) is 6.43. The van der Waals surface area contributed by atoms with Crippen LogP contribution in [0.2, 0.25) is 0 Å². The maximum absolute atomic E-state index is 11.5. The molecular weight excluding hydrogens is 266 g/mol. The summed E-state index contributed by atoms with van der Waals surface area (Å²) in [5, 5.41) is 0. The smallest absolute Gasteiger partial charge is 0.222 e. The molecule has 21 heavy (non-hydrogen) atoms. The van der Waals surface area contributed by atoms with Crippen molar-refractivity contribution >= 4 is 5.91 Å². The van der Waals surface area contributed by atoms with Crippen molar-refractivity contribution in [1.29, 1.82) is 0 Å². The number of carbonyl (C=O) groups is 1. The Labute approximate surface area is 129 Å². The van der Waals surface area contributed by atoms with E-state index < -0.39 is 0 Å². The fourth-order valence-corrected chi connectivity index (χ4v) is 3.25. The van der Waals surface area contributed by atoms with Crippen LogP contribution in [0.3, 0.4) is 0 Å². The zero-order valence-corrected chi connectivity index (χ0v) is 13.7. The van der Waals surface area contributed by atoms with Crippen molar-refractivity contribution in [2.75, 3.05) is 66.1 Å². The number of piperazine rings is 1. The molecule has 2 aliphatic heterocycles. The summed E-state index contributed by atoms with van der Waals surface area (Å²) in [7, 11) is 1.93. The highest BCUT2D eigenvalue weighted by Crippen LogP contribution is 2.18. The first-order valence-electron chi connectivity index (χ1n) is 8.45. The molecule has 2 aliphatic rings. The summed E-state index contributed by atoms with van der Waals surface area (Å²) in [4.78, 5) is 18.5. The normalized spacial score (nSPS) is 25.5. The van der Waals surface area contributed by atoms with Crippen molar-refractivity contribution in [1.82, 2.24) is 14.7 Å². The summed E-state index contributed by atoms with van der Waals surface area (Å²) in [6.07, 6.45) is 2.90. The maximum Gasteiger partial charge on any atom is 0.222 e. The van der Waals surface area contributed by atoms with E-state index in [1.807, 2.05) is 11.9 Å². The van der Waals surface area contributed by atoms with Gasteiger partial charge in [0.1, 0.15) is 0 Å². The van der Waals surface area contributed by atoms with Gasteiger partial charge in [-0.25, -0.2) is 0 Å². The molecule has 1 amide bonds. The predicted molar refractivity (Wildman–Crippen MR) is 84.4 cm³/mol. The Hall–Kier alpha value is -0.650. The fourth-order valence-electron chi connectivity index (χ4n) is 3.25. The van der Waals surface area contributed by atoms with Gasteiger partial charge in [-0.2, -0.15) is 0 Å². The summed E-state index contributed by atoms with van der Waals surface area (Å²) in [5.74, 6) is 0.968. The summed E-state index contributed by atoms with van der Waals surface area (Å²) in [5.41, 5.74) is 0. The number of hydrogen-bond acceptors (Lipinski definition) is 4. The van der Waals surface area contributed by atoms with E-state index in [0.717, 1.165) is 78.3 Å². The number of rotatable bonds is 7. The molecule has 2 rings (SSSR count). The summed E-state index contributed by atoms with van der Waals surface area (Å²) in [6.45, 7) is 11.7. The quantitative estimate of drug-likeness (QED) is 0.654. The zero-order valence-electron chi connectivity index (χ0n) is 13.7. The second kappa shape index (κ2) is 8.71. The van der Waals surface area contributed by atoms with Crippen molar-refractivity contribution in [3.63, 3.8) is 0 Å². The Balaban J connectivity index is 1.59. The second-order valence-electron chi connectivity index (χ2n) is 6.43. The van der Waals surface area contributed by atoms with Crippen molar-refractivity contribution in [3.05, 3.63) is 0 Å². The highest BCUT2D eigenvalue weighted by atomic mass is 16.5. The third-order valence-corrected chi connectivity index (χ3v) is 4.61. The molecule has 0 aromatic carbocycles. The lowest BCUT2D eigenvalue weighted by Crippen LogP contribution is -2.50.